The van der Waals surface area contributed by atoms with Gasteiger partial charge in [0, 0.05) is 88.4 Å². The molecule has 6 aliphatic rings. The molecule has 4 heterocycles. The third-order valence-electron chi connectivity index (χ3n) is 8.88. The Morgan fingerprint density at radius 3 is 1.49 bits per heavy atom. The third kappa shape index (κ3) is 7.23. The van der Waals surface area contributed by atoms with Crippen LogP contribution in [0.4, 0.5) is 0 Å². The Hall–Kier alpha value is -0.232. The second kappa shape index (κ2) is 13.4. The summed E-state index contributed by atoms with van der Waals surface area (Å²) >= 11 is 0. The summed E-state index contributed by atoms with van der Waals surface area (Å²) in [5.41, 5.74) is 3.22. The van der Waals surface area contributed by atoms with Crippen LogP contribution in [0.3, 0.4) is 0 Å². The molecule has 4 aliphatic heterocycles. The maximum atomic E-state index is 11.7. The first-order chi connectivity index (χ1) is 17.0. The summed E-state index contributed by atoms with van der Waals surface area (Å²) in [6, 6.07) is 0. The molecular formula is C31H41O6Y2-3. The van der Waals surface area contributed by atoms with E-state index in [1.807, 2.05) is 0 Å². The number of ether oxygens (including phenoxy) is 4. The summed E-state index contributed by atoms with van der Waals surface area (Å²) < 4.78 is 22.5. The van der Waals surface area contributed by atoms with Crippen molar-refractivity contribution < 1.29 is 94.0 Å². The second-order valence-electron chi connectivity index (χ2n) is 11.6. The third-order valence-corrected chi connectivity index (χ3v) is 8.88. The van der Waals surface area contributed by atoms with Crippen molar-refractivity contribution in [3.8, 4) is 0 Å². The van der Waals surface area contributed by atoms with Crippen molar-refractivity contribution in [1.29, 1.82) is 0 Å². The minimum atomic E-state index is -0.253. The van der Waals surface area contributed by atoms with Gasteiger partial charge < -0.3 is 26.4 Å². The minimum Gasteiger partial charge on any atom is -0.455 e. The van der Waals surface area contributed by atoms with Crippen LogP contribution in [0, 0.1) is 33.1 Å². The number of epoxide rings is 2. The Bertz CT molecular complexity index is 968. The fourth-order valence-electron chi connectivity index (χ4n) is 6.24. The zero-order valence-electron chi connectivity index (χ0n) is 23.7. The predicted molar refractivity (Wildman–Crippen MR) is 142 cm³/mol. The Morgan fingerprint density at radius 2 is 1.13 bits per heavy atom. The quantitative estimate of drug-likeness (QED) is 0.143. The number of fused-ring (bicyclic) bond motifs is 6. The van der Waals surface area contributed by atoms with E-state index in [1.165, 1.54) is 0 Å². The van der Waals surface area contributed by atoms with Gasteiger partial charge in [0.15, 0.2) is 0 Å². The molecule has 210 valence electrons. The molecule has 39 heavy (non-hydrogen) atoms. The van der Waals surface area contributed by atoms with Gasteiger partial charge in [-0.15, -0.1) is 0 Å². The summed E-state index contributed by atoms with van der Waals surface area (Å²) in [6.45, 7) is 20.1. The smallest absolute Gasteiger partial charge is 0.334 e. The normalized spacial score (nSPS) is 42.9. The molecule has 4 saturated heterocycles. The van der Waals surface area contributed by atoms with Crippen molar-refractivity contribution in [3.05, 3.63) is 68.9 Å². The molecule has 0 N–H and O–H groups in total. The van der Waals surface area contributed by atoms with Gasteiger partial charge in [-0.1, -0.05) is 38.8 Å². The molecule has 4 fully saturated rings. The van der Waals surface area contributed by atoms with Gasteiger partial charge in [0.05, 0.1) is 11.2 Å². The zero-order valence-corrected chi connectivity index (χ0v) is 29.4. The Kier molecular flexibility index (Phi) is 12.0. The number of rotatable bonds is 0. The molecule has 0 aromatic rings. The van der Waals surface area contributed by atoms with E-state index in [0.717, 1.165) is 62.5 Å². The van der Waals surface area contributed by atoms with Crippen molar-refractivity contribution in [2.24, 2.45) is 11.8 Å². The van der Waals surface area contributed by atoms with Crippen LogP contribution in [0.5, 0.6) is 0 Å². The molecule has 6 rings (SSSR count). The van der Waals surface area contributed by atoms with E-state index in [4.69, 9.17) is 18.9 Å². The number of allylic oxidation sites excluding steroid dienone is 4. The summed E-state index contributed by atoms with van der Waals surface area (Å²) in [7, 11) is 0. The second-order valence-corrected chi connectivity index (χ2v) is 11.6. The van der Waals surface area contributed by atoms with Gasteiger partial charge in [0.2, 0.25) is 0 Å². The van der Waals surface area contributed by atoms with E-state index < -0.39 is 0 Å². The van der Waals surface area contributed by atoms with Crippen LogP contribution in [0.15, 0.2) is 47.6 Å². The molecular weight excluding hydrogens is 646 g/mol. The van der Waals surface area contributed by atoms with Gasteiger partial charge in [-0.2, -0.15) is 0 Å². The predicted octanol–water partition coefficient (Wildman–Crippen LogP) is 5.60. The van der Waals surface area contributed by atoms with Crippen LogP contribution < -0.4 is 0 Å². The molecule has 0 unspecified atom stereocenters. The fourth-order valence-corrected chi connectivity index (χ4v) is 6.24. The average Bonchev–Trinajstić information content (AvgIpc) is 3.63. The number of hydrogen-bond acceptors (Lipinski definition) is 6. The molecule has 2 aliphatic carbocycles. The topological polar surface area (TPSA) is 77.7 Å². The number of carbonyl (C=O) groups is 2. The number of hydrogen-bond donors (Lipinski definition) is 0. The van der Waals surface area contributed by atoms with E-state index in [1.54, 1.807) is 0 Å². The van der Waals surface area contributed by atoms with Crippen molar-refractivity contribution in [1.82, 2.24) is 0 Å². The molecule has 0 aromatic carbocycles. The summed E-state index contributed by atoms with van der Waals surface area (Å²) in [5.74, 6) is -0.325. The maximum Gasteiger partial charge on any atom is 0.334 e. The van der Waals surface area contributed by atoms with Crippen LogP contribution in [-0.4, -0.2) is 47.6 Å². The summed E-state index contributed by atoms with van der Waals surface area (Å²) in [4.78, 5) is 23.4. The van der Waals surface area contributed by atoms with Crippen molar-refractivity contribution >= 4 is 11.9 Å². The van der Waals surface area contributed by atoms with Crippen LogP contribution in [0.2, 0.25) is 0 Å². The average molecular weight is 687 g/mol. The van der Waals surface area contributed by atoms with Gasteiger partial charge >= 0.3 is 11.9 Å². The van der Waals surface area contributed by atoms with Crippen molar-refractivity contribution in [2.45, 2.75) is 101 Å². The van der Waals surface area contributed by atoms with E-state index in [-0.39, 0.29) is 132 Å². The minimum absolute atomic E-state index is 0. The monoisotopic (exact) mass is 687 g/mol. The van der Waals surface area contributed by atoms with Gasteiger partial charge in [-0.3, -0.25) is 0 Å². The van der Waals surface area contributed by atoms with Crippen molar-refractivity contribution in [2.75, 3.05) is 0 Å². The molecule has 2 radical (unpaired) electrons. The number of carbonyl (C=O) groups excluding carboxylic acids is 2. The Labute approximate surface area is 284 Å². The van der Waals surface area contributed by atoms with Crippen molar-refractivity contribution in [3.63, 3.8) is 0 Å². The molecule has 0 amide bonds. The number of esters is 2. The molecule has 8 heteroatoms. The van der Waals surface area contributed by atoms with Crippen LogP contribution >= 0.6 is 0 Å². The summed E-state index contributed by atoms with van der Waals surface area (Å²) in [6.07, 6.45) is 11.6. The van der Waals surface area contributed by atoms with Gasteiger partial charge in [0.25, 0.3) is 0 Å². The fraction of sp³-hybridized carbons (Fsp3) is 0.581. The maximum absolute atomic E-state index is 11.7. The van der Waals surface area contributed by atoms with Crippen LogP contribution in [0.25, 0.3) is 0 Å². The first-order valence-electron chi connectivity index (χ1n) is 13.2. The Morgan fingerprint density at radius 1 is 0.769 bits per heavy atom. The van der Waals surface area contributed by atoms with E-state index >= 15 is 0 Å². The van der Waals surface area contributed by atoms with E-state index in [2.05, 4.69) is 53.0 Å². The largest absolute Gasteiger partial charge is 0.455 e. The van der Waals surface area contributed by atoms with Gasteiger partial charge in [-0.25, -0.2) is 46.7 Å². The Balaban J connectivity index is 0.000000254. The SMILES string of the molecule is C=C1C(=O)O[C@H]2[C@H]1CC/C([CH2-])=C\CC[C@@]1(C)O[C@@H]21.C=C1C(=O)O[C@H]2[C@H]1CC/C([CH2-])=C\CC[C@@]1(C)O[C@@H]21.[CH3-].[Y].[Y]. The molecule has 0 aromatic heterocycles. The molecule has 0 spiro atoms. The summed E-state index contributed by atoms with van der Waals surface area (Å²) in [5, 5.41) is 0. The first-order valence-corrected chi connectivity index (χ1v) is 13.2. The van der Waals surface area contributed by atoms with Crippen LogP contribution in [-0.2, 0) is 94.0 Å². The van der Waals surface area contributed by atoms with E-state index in [9.17, 15) is 9.59 Å². The van der Waals surface area contributed by atoms with Gasteiger partial charge in [-0.05, 0) is 39.5 Å². The molecule has 6 nitrogen and oxygen atoms in total. The molecule has 8 atom stereocenters. The van der Waals surface area contributed by atoms with Crippen LogP contribution in [0.1, 0.15) is 65.2 Å². The molecule has 0 saturated carbocycles. The first kappa shape index (κ1) is 35.0. The van der Waals surface area contributed by atoms with E-state index in [0.29, 0.717) is 11.1 Å². The zero-order chi connectivity index (χ0) is 25.8. The standard InChI is InChI=1S/2C15H19O3.CH3.2Y/c2*1-9-5-4-8-15(3)13(18-15)12-11(7-6-9)10(2)14(16)17-12;;;/h2*5,11-13H,1-2,4,6-8H2,3H3;1H3;;/q3*-1;;/b2*9-5-;;;/t2*11-,12-,13-,15+;;;/m00.../s1. The van der Waals surface area contributed by atoms with Gasteiger partial charge in [0.1, 0.15) is 24.4 Å². The molecule has 0 bridgehead atoms.